The molecule has 0 spiro atoms. The molecule has 0 aliphatic carbocycles. The van der Waals surface area contributed by atoms with Crippen LogP contribution in [0.3, 0.4) is 0 Å². The van der Waals surface area contributed by atoms with Gasteiger partial charge >= 0.3 is 0 Å². The van der Waals surface area contributed by atoms with Gasteiger partial charge in [-0.1, -0.05) is 36.0 Å². The highest BCUT2D eigenvalue weighted by atomic mass is 32.2. The van der Waals surface area contributed by atoms with E-state index in [9.17, 15) is 4.79 Å². The van der Waals surface area contributed by atoms with Crippen LogP contribution in [0.15, 0.2) is 66.6 Å². The molecule has 31 heavy (non-hydrogen) atoms. The zero-order chi connectivity index (χ0) is 21.6. The Kier molecular flexibility index (Phi) is 6.79. The molecular weight excluding hydrogens is 408 g/mol. The van der Waals surface area contributed by atoms with Crippen LogP contribution in [0.25, 0.3) is 11.4 Å². The summed E-state index contributed by atoms with van der Waals surface area (Å²) in [5.41, 5.74) is 2.68. The maximum Gasteiger partial charge on any atom is 0.254 e. The third-order valence-corrected chi connectivity index (χ3v) is 6.36. The van der Waals surface area contributed by atoms with E-state index < -0.39 is 0 Å². The maximum atomic E-state index is 13.1. The van der Waals surface area contributed by atoms with Gasteiger partial charge in [0.05, 0.1) is 0 Å². The quantitative estimate of drug-likeness (QED) is 0.420. The number of likely N-dealkylation sites (N-methyl/N-ethyl adjacent to an activating group) is 1. The van der Waals surface area contributed by atoms with Crippen LogP contribution < -0.4 is 0 Å². The summed E-state index contributed by atoms with van der Waals surface area (Å²) in [7, 11) is 2.09. The van der Waals surface area contributed by atoms with Crippen molar-refractivity contribution in [2.45, 2.75) is 17.5 Å². The molecule has 1 fully saturated rings. The summed E-state index contributed by atoms with van der Waals surface area (Å²) in [6, 6.07) is 11.7. The molecule has 1 aromatic carbocycles. The van der Waals surface area contributed by atoms with Crippen molar-refractivity contribution in [3.63, 3.8) is 0 Å². The van der Waals surface area contributed by atoms with Crippen LogP contribution in [-0.4, -0.2) is 68.7 Å². The minimum atomic E-state index is 0.105. The molecule has 0 N–H and O–H groups in total. The fourth-order valence-electron chi connectivity index (χ4n) is 3.57. The number of carbonyl (C=O) groups excluding carboxylic acids is 1. The zero-order valence-electron chi connectivity index (χ0n) is 17.6. The second-order valence-electron chi connectivity index (χ2n) is 7.49. The number of hydrogen-bond acceptors (Lipinski definition) is 6. The molecule has 3 aromatic rings. The molecule has 1 aliphatic heterocycles. The number of piperazine rings is 1. The number of rotatable bonds is 7. The highest BCUT2D eigenvalue weighted by molar-refractivity contribution is 7.98. The number of thioether (sulfide) groups is 1. The van der Waals surface area contributed by atoms with Gasteiger partial charge in [0.25, 0.3) is 5.91 Å². The fourth-order valence-corrected chi connectivity index (χ4v) is 4.53. The summed E-state index contributed by atoms with van der Waals surface area (Å²) < 4.78 is 2.03. The number of aromatic nitrogens is 4. The third kappa shape index (κ3) is 4.86. The van der Waals surface area contributed by atoms with Crippen LogP contribution >= 0.6 is 11.8 Å². The molecule has 0 unspecified atom stereocenters. The number of allylic oxidation sites excluding steroid dienone is 1. The second-order valence-corrected chi connectivity index (χ2v) is 8.43. The molecule has 160 valence electrons. The minimum Gasteiger partial charge on any atom is -0.336 e. The predicted octanol–water partition coefficient (Wildman–Crippen LogP) is 3.21. The van der Waals surface area contributed by atoms with Gasteiger partial charge in [-0.15, -0.1) is 16.8 Å². The van der Waals surface area contributed by atoms with Crippen LogP contribution in [0.5, 0.6) is 0 Å². The number of benzene rings is 1. The smallest absolute Gasteiger partial charge is 0.254 e. The van der Waals surface area contributed by atoms with Crippen molar-refractivity contribution in [3.8, 4) is 11.4 Å². The van der Waals surface area contributed by atoms with E-state index in [0.717, 1.165) is 53.9 Å². The van der Waals surface area contributed by atoms with Gasteiger partial charge < -0.3 is 9.80 Å². The van der Waals surface area contributed by atoms with Gasteiger partial charge in [-0.2, -0.15) is 0 Å². The van der Waals surface area contributed by atoms with Crippen molar-refractivity contribution in [2.75, 3.05) is 33.2 Å². The summed E-state index contributed by atoms with van der Waals surface area (Å²) >= 11 is 1.58. The highest BCUT2D eigenvalue weighted by Gasteiger charge is 2.22. The third-order valence-electron chi connectivity index (χ3n) is 5.34. The SMILES string of the molecule is C=CCn1c(SCc2ccccc2C(=O)N2CCN(C)CC2)nnc1-c1cccnc1. The molecule has 1 aliphatic rings. The standard InChI is InChI=1S/C23H26N6OS/c1-3-11-29-21(18-8-6-10-24-16-18)25-26-23(29)31-17-19-7-4-5-9-20(19)22(30)28-14-12-27(2)13-15-28/h3-10,16H,1,11-15,17H2,2H3. The predicted molar refractivity (Wildman–Crippen MR) is 123 cm³/mol. The van der Waals surface area contributed by atoms with Gasteiger partial charge in [0.15, 0.2) is 11.0 Å². The lowest BCUT2D eigenvalue weighted by atomic mass is 10.1. The van der Waals surface area contributed by atoms with E-state index in [-0.39, 0.29) is 5.91 Å². The summed E-state index contributed by atoms with van der Waals surface area (Å²) in [5, 5.41) is 9.57. The molecule has 1 amide bonds. The Bertz CT molecular complexity index is 1040. The maximum absolute atomic E-state index is 13.1. The number of nitrogens with zero attached hydrogens (tertiary/aromatic N) is 6. The topological polar surface area (TPSA) is 67.2 Å². The summed E-state index contributed by atoms with van der Waals surface area (Å²) in [6.45, 7) is 7.81. The minimum absolute atomic E-state index is 0.105. The van der Waals surface area contributed by atoms with Gasteiger partial charge in [-0.05, 0) is 30.8 Å². The van der Waals surface area contributed by atoms with Gasteiger partial charge in [0.2, 0.25) is 0 Å². The molecule has 1 saturated heterocycles. The van der Waals surface area contributed by atoms with Crippen LogP contribution in [0, 0.1) is 0 Å². The first-order valence-corrected chi connectivity index (χ1v) is 11.3. The van der Waals surface area contributed by atoms with Gasteiger partial charge in [0.1, 0.15) is 0 Å². The molecule has 0 radical (unpaired) electrons. The van der Waals surface area contributed by atoms with Crippen molar-refractivity contribution in [3.05, 3.63) is 72.6 Å². The first-order chi connectivity index (χ1) is 15.2. The first-order valence-electron chi connectivity index (χ1n) is 10.3. The molecule has 8 heteroatoms. The molecule has 2 aromatic heterocycles. The lowest BCUT2D eigenvalue weighted by Gasteiger charge is -2.32. The van der Waals surface area contributed by atoms with Crippen LogP contribution in [0.2, 0.25) is 0 Å². The van der Waals surface area contributed by atoms with Crippen LogP contribution in [0.4, 0.5) is 0 Å². The van der Waals surface area contributed by atoms with E-state index in [1.54, 1.807) is 24.2 Å². The Morgan fingerprint density at radius 2 is 1.94 bits per heavy atom. The lowest BCUT2D eigenvalue weighted by Crippen LogP contribution is -2.47. The van der Waals surface area contributed by atoms with Crippen LogP contribution in [0.1, 0.15) is 15.9 Å². The summed E-state index contributed by atoms with van der Waals surface area (Å²) in [6.07, 6.45) is 5.35. The van der Waals surface area contributed by atoms with Crippen molar-refractivity contribution >= 4 is 17.7 Å². The van der Waals surface area contributed by atoms with E-state index in [4.69, 9.17) is 0 Å². The van der Waals surface area contributed by atoms with Crippen molar-refractivity contribution in [1.29, 1.82) is 0 Å². The average molecular weight is 435 g/mol. The number of hydrogen-bond donors (Lipinski definition) is 0. The van der Waals surface area contributed by atoms with Crippen LogP contribution in [-0.2, 0) is 12.3 Å². The van der Waals surface area contributed by atoms with Crippen molar-refractivity contribution in [1.82, 2.24) is 29.5 Å². The lowest BCUT2D eigenvalue weighted by molar-refractivity contribution is 0.0663. The molecular formula is C23H26N6OS. The monoisotopic (exact) mass is 434 g/mol. The fraction of sp³-hybridized carbons (Fsp3) is 0.304. The molecule has 0 bridgehead atoms. The molecule has 0 atom stereocenters. The largest absolute Gasteiger partial charge is 0.336 e. The molecule has 7 nitrogen and oxygen atoms in total. The van der Waals surface area contributed by atoms with Crippen molar-refractivity contribution in [2.24, 2.45) is 0 Å². The van der Waals surface area contributed by atoms with E-state index in [0.29, 0.717) is 12.3 Å². The Balaban J connectivity index is 1.53. The first kappa shape index (κ1) is 21.3. The summed E-state index contributed by atoms with van der Waals surface area (Å²) in [5.74, 6) is 1.50. The highest BCUT2D eigenvalue weighted by Crippen LogP contribution is 2.27. The molecule has 0 saturated carbocycles. The summed E-state index contributed by atoms with van der Waals surface area (Å²) in [4.78, 5) is 21.5. The van der Waals surface area contributed by atoms with E-state index in [1.807, 2.05) is 51.9 Å². The average Bonchev–Trinajstić information content (AvgIpc) is 3.21. The molecule has 4 rings (SSSR count). The normalized spacial score (nSPS) is 14.5. The van der Waals surface area contributed by atoms with Gasteiger partial charge in [-0.25, -0.2) is 0 Å². The Morgan fingerprint density at radius 3 is 2.68 bits per heavy atom. The van der Waals surface area contributed by atoms with Gasteiger partial charge in [-0.3, -0.25) is 14.3 Å². The molecule has 3 heterocycles. The van der Waals surface area contributed by atoms with E-state index in [1.165, 1.54) is 0 Å². The van der Waals surface area contributed by atoms with E-state index >= 15 is 0 Å². The second kappa shape index (κ2) is 9.89. The zero-order valence-corrected chi connectivity index (χ0v) is 18.5. The number of carbonyl (C=O) groups is 1. The Labute approximate surface area is 186 Å². The van der Waals surface area contributed by atoms with Gasteiger partial charge in [0, 0.05) is 62.0 Å². The number of amides is 1. The Morgan fingerprint density at radius 1 is 1.13 bits per heavy atom. The van der Waals surface area contributed by atoms with Crippen molar-refractivity contribution < 1.29 is 4.79 Å². The van der Waals surface area contributed by atoms with E-state index in [2.05, 4.69) is 33.7 Å². The Hall–Kier alpha value is -2.97. The number of pyridine rings is 1.